The predicted octanol–water partition coefficient (Wildman–Crippen LogP) is 3.44. The van der Waals surface area contributed by atoms with E-state index in [4.69, 9.17) is 0 Å². The summed E-state index contributed by atoms with van der Waals surface area (Å²) in [6.45, 7) is 4.66. The van der Waals surface area contributed by atoms with E-state index in [9.17, 15) is 9.59 Å². The van der Waals surface area contributed by atoms with Crippen LogP contribution in [0.2, 0.25) is 0 Å². The first kappa shape index (κ1) is 17.9. The second kappa shape index (κ2) is 8.00. The van der Waals surface area contributed by atoms with Gasteiger partial charge in [0.2, 0.25) is 5.91 Å². The van der Waals surface area contributed by atoms with E-state index in [1.54, 1.807) is 0 Å². The minimum atomic E-state index is -0.115. The molecule has 0 atom stereocenters. The van der Waals surface area contributed by atoms with Crippen molar-refractivity contribution in [3.05, 3.63) is 81.1 Å². The van der Waals surface area contributed by atoms with Crippen molar-refractivity contribution in [2.45, 2.75) is 33.1 Å². The standard InChI is InChI=1S/C22H24N2O2/c1-15-4-3-5-17(12-15)10-11-23-21(25)9-8-19-14-18-7-6-16(2)13-20(18)24-22(19)26/h3-7,12-14H,8-11H2,1-2H3,(H,23,25)(H,24,26). The Bertz CT molecular complexity index is 989. The molecule has 4 nitrogen and oxygen atoms in total. The summed E-state index contributed by atoms with van der Waals surface area (Å²) in [6.07, 6.45) is 1.56. The summed E-state index contributed by atoms with van der Waals surface area (Å²) in [5, 5.41) is 3.92. The Morgan fingerprint density at radius 1 is 1.00 bits per heavy atom. The number of hydrogen-bond acceptors (Lipinski definition) is 2. The van der Waals surface area contributed by atoms with E-state index >= 15 is 0 Å². The van der Waals surface area contributed by atoms with Gasteiger partial charge in [-0.3, -0.25) is 9.59 Å². The van der Waals surface area contributed by atoms with Crippen LogP contribution in [0.25, 0.3) is 10.9 Å². The lowest BCUT2D eigenvalue weighted by molar-refractivity contribution is -0.121. The molecule has 0 saturated carbocycles. The van der Waals surface area contributed by atoms with Gasteiger partial charge < -0.3 is 10.3 Å². The van der Waals surface area contributed by atoms with Crippen LogP contribution in [0.1, 0.15) is 28.7 Å². The summed E-state index contributed by atoms with van der Waals surface area (Å²) in [5.41, 5.74) is 4.91. The lowest BCUT2D eigenvalue weighted by Crippen LogP contribution is -2.26. The quantitative estimate of drug-likeness (QED) is 0.717. The number of benzene rings is 2. The highest BCUT2D eigenvalue weighted by Crippen LogP contribution is 2.13. The molecule has 0 aliphatic carbocycles. The first-order chi connectivity index (χ1) is 12.5. The van der Waals surface area contributed by atoms with Crippen molar-refractivity contribution in [2.75, 3.05) is 6.54 Å². The zero-order valence-electron chi connectivity index (χ0n) is 15.3. The van der Waals surface area contributed by atoms with Gasteiger partial charge >= 0.3 is 0 Å². The van der Waals surface area contributed by atoms with E-state index in [2.05, 4.69) is 35.4 Å². The van der Waals surface area contributed by atoms with Crippen molar-refractivity contribution in [3.8, 4) is 0 Å². The van der Waals surface area contributed by atoms with Gasteiger partial charge in [-0.1, -0.05) is 42.0 Å². The van der Waals surface area contributed by atoms with Crippen LogP contribution in [0.15, 0.2) is 53.3 Å². The maximum absolute atomic E-state index is 12.2. The summed E-state index contributed by atoms with van der Waals surface area (Å²) < 4.78 is 0. The minimum Gasteiger partial charge on any atom is -0.356 e. The summed E-state index contributed by atoms with van der Waals surface area (Å²) in [5.74, 6) is -0.0268. The average Bonchev–Trinajstić information content (AvgIpc) is 2.60. The smallest absolute Gasteiger partial charge is 0.251 e. The molecule has 134 valence electrons. The van der Waals surface area contributed by atoms with E-state index in [-0.39, 0.29) is 11.5 Å². The van der Waals surface area contributed by atoms with Gasteiger partial charge in [-0.15, -0.1) is 0 Å². The number of aryl methyl sites for hydroxylation is 3. The first-order valence-corrected chi connectivity index (χ1v) is 8.96. The molecular formula is C22H24N2O2. The van der Waals surface area contributed by atoms with Gasteiger partial charge in [-0.05, 0) is 55.3 Å². The lowest BCUT2D eigenvalue weighted by atomic mass is 10.1. The van der Waals surface area contributed by atoms with Crippen molar-refractivity contribution in [1.29, 1.82) is 0 Å². The second-order valence-corrected chi connectivity index (χ2v) is 6.80. The molecule has 2 aromatic carbocycles. The Hall–Kier alpha value is -2.88. The topological polar surface area (TPSA) is 62.0 Å². The number of carbonyl (C=O) groups is 1. The Morgan fingerprint density at radius 2 is 1.81 bits per heavy atom. The van der Waals surface area contributed by atoms with Crippen LogP contribution in [0, 0.1) is 13.8 Å². The monoisotopic (exact) mass is 348 g/mol. The number of H-pyrrole nitrogens is 1. The molecule has 4 heteroatoms. The highest BCUT2D eigenvalue weighted by atomic mass is 16.1. The van der Waals surface area contributed by atoms with Gasteiger partial charge in [-0.25, -0.2) is 0 Å². The maximum Gasteiger partial charge on any atom is 0.251 e. The predicted molar refractivity (Wildman–Crippen MR) is 106 cm³/mol. The highest BCUT2D eigenvalue weighted by molar-refractivity contribution is 5.80. The summed E-state index contributed by atoms with van der Waals surface area (Å²) in [6, 6.07) is 16.1. The molecule has 0 bridgehead atoms. The van der Waals surface area contributed by atoms with E-state index in [0.29, 0.717) is 24.9 Å². The fourth-order valence-electron chi connectivity index (χ4n) is 3.10. The molecule has 0 unspecified atom stereocenters. The second-order valence-electron chi connectivity index (χ2n) is 6.80. The lowest BCUT2D eigenvalue weighted by Gasteiger charge is -2.07. The molecule has 3 aromatic rings. The number of aromatic amines is 1. The van der Waals surface area contributed by atoms with E-state index < -0.39 is 0 Å². The van der Waals surface area contributed by atoms with Crippen molar-refractivity contribution >= 4 is 16.8 Å². The Labute approximate surface area is 153 Å². The molecule has 0 spiro atoms. The number of rotatable bonds is 6. The van der Waals surface area contributed by atoms with Gasteiger partial charge in [-0.2, -0.15) is 0 Å². The third-order valence-electron chi connectivity index (χ3n) is 4.52. The number of carbonyl (C=O) groups excluding carboxylic acids is 1. The third-order valence-corrected chi connectivity index (χ3v) is 4.52. The van der Waals surface area contributed by atoms with Gasteiger partial charge in [0.15, 0.2) is 0 Å². The summed E-state index contributed by atoms with van der Waals surface area (Å²) >= 11 is 0. The number of hydrogen-bond donors (Lipinski definition) is 2. The number of pyridine rings is 1. The number of amides is 1. The largest absolute Gasteiger partial charge is 0.356 e. The van der Waals surface area contributed by atoms with Gasteiger partial charge in [0.25, 0.3) is 5.56 Å². The maximum atomic E-state index is 12.2. The average molecular weight is 348 g/mol. The summed E-state index contributed by atoms with van der Waals surface area (Å²) in [7, 11) is 0. The van der Waals surface area contributed by atoms with Crippen molar-refractivity contribution in [3.63, 3.8) is 0 Å². The molecule has 26 heavy (non-hydrogen) atoms. The van der Waals surface area contributed by atoms with Crippen LogP contribution in [0.5, 0.6) is 0 Å². The van der Waals surface area contributed by atoms with Gasteiger partial charge in [0.1, 0.15) is 0 Å². The van der Waals surface area contributed by atoms with E-state index in [1.165, 1.54) is 11.1 Å². The minimum absolute atomic E-state index is 0.0268. The molecule has 1 aromatic heterocycles. The Kier molecular flexibility index (Phi) is 5.52. The molecule has 0 fully saturated rings. The van der Waals surface area contributed by atoms with E-state index in [1.807, 2.05) is 37.3 Å². The molecule has 1 amide bonds. The van der Waals surface area contributed by atoms with Crippen LogP contribution in [0.4, 0.5) is 0 Å². The molecule has 0 saturated heterocycles. The number of aromatic nitrogens is 1. The SMILES string of the molecule is Cc1cccc(CCNC(=O)CCc2cc3ccc(C)cc3[nH]c2=O)c1. The Morgan fingerprint density at radius 3 is 2.62 bits per heavy atom. The zero-order valence-corrected chi connectivity index (χ0v) is 15.3. The van der Waals surface area contributed by atoms with Crippen molar-refractivity contribution in [2.24, 2.45) is 0 Å². The van der Waals surface area contributed by atoms with E-state index in [0.717, 1.165) is 22.9 Å². The normalized spacial score (nSPS) is 10.8. The van der Waals surface area contributed by atoms with Crippen molar-refractivity contribution in [1.82, 2.24) is 10.3 Å². The molecule has 0 radical (unpaired) electrons. The molecule has 0 aliphatic rings. The van der Waals surface area contributed by atoms with Crippen LogP contribution in [0.3, 0.4) is 0 Å². The molecule has 0 aliphatic heterocycles. The third kappa shape index (κ3) is 4.60. The molecule has 2 N–H and O–H groups in total. The van der Waals surface area contributed by atoms with Crippen LogP contribution in [-0.4, -0.2) is 17.4 Å². The fraction of sp³-hybridized carbons (Fsp3) is 0.273. The van der Waals surface area contributed by atoms with Crippen molar-refractivity contribution < 1.29 is 4.79 Å². The number of fused-ring (bicyclic) bond motifs is 1. The zero-order chi connectivity index (χ0) is 18.5. The molecule has 1 heterocycles. The molecule has 3 rings (SSSR count). The van der Waals surface area contributed by atoms with Gasteiger partial charge in [0.05, 0.1) is 0 Å². The summed E-state index contributed by atoms with van der Waals surface area (Å²) in [4.78, 5) is 27.2. The fourth-order valence-corrected chi connectivity index (χ4v) is 3.10. The first-order valence-electron chi connectivity index (χ1n) is 8.96. The Balaban J connectivity index is 1.54. The van der Waals surface area contributed by atoms with Crippen LogP contribution < -0.4 is 10.9 Å². The molecular weight excluding hydrogens is 324 g/mol. The van der Waals surface area contributed by atoms with Gasteiger partial charge in [0, 0.05) is 24.0 Å². The van der Waals surface area contributed by atoms with Crippen LogP contribution in [-0.2, 0) is 17.6 Å². The number of nitrogens with one attached hydrogen (secondary N) is 2. The van der Waals surface area contributed by atoms with Crippen LogP contribution >= 0.6 is 0 Å². The highest BCUT2D eigenvalue weighted by Gasteiger charge is 2.07.